The first-order valence-corrected chi connectivity index (χ1v) is 11.1. The summed E-state index contributed by atoms with van der Waals surface area (Å²) in [5.74, 6) is 0.0110. The van der Waals surface area contributed by atoms with Gasteiger partial charge in [-0.1, -0.05) is 42.8 Å². The van der Waals surface area contributed by atoms with Crippen molar-refractivity contribution in [3.8, 4) is 5.75 Å². The highest BCUT2D eigenvalue weighted by Crippen LogP contribution is 2.30. The molecule has 0 unspecified atom stereocenters. The molecular weight excluding hydrogens is 400 g/mol. The zero-order valence-corrected chi connectivity index (χ0v) is 18.0. The van der Waals surface area contributed by atoms with Crippen molar-refractivity contribution in [3.63, 3.8) is 0 Å². The Labute approximate surface area is 171 Å². The van der Waals surface area contributed by atoms with Crippen LogP contribution in [-0.2, 0) is 21.2 Å². The zero-order chi connectivity index (χ0) is 20.9. The summed E-state index contributed by atoms with van der Waals surface area (Å²) in [6.45, 7) is 3.58. The van der Waals surface area contributed by atoms with Gasteiger partial charge in [-0.25, -0.2) is 8.42 Å². The number of methoxy groups -OCH3 is 1. The van der Waals surface area contributed by atoms with E-state index in [2.05, 4.69) is 12.2 Å². The van der Waals surface area contributed by atoms with E-state index in [1.807, 2.05) is 31.2 Å². The van der Waals surface area contributed by atoms with Crippen LogP contribution >= 0.6 is 11.6 Å². The molecule has 0 aliphatic carbocycles. The summed E-state index contributed by atoms with van der Waals surface area (Å²) in [5, 5.41) is 3.10. The predicted octanol–water partition coefficient (Wildman–Crippen LogP) is 3.55. The Bertz CT molecular complexity index is 930. The third kappa shape index (κ3) is 5.62. The minimum absolute atomic E-state index is 0.251. The lowest BCUT2D eigenvalue weighted by molar-refractivity contribution is -0.120. The highest BCUT2D eigenvalue weighted by Gasteiger charge is 2.22. The molecular formula is C20H25ClN2O4S. The summed E-state index contributed by atoms with van der Waals surface area (Å²) < 4.78 is 30.6. The maximum atomic E-state index is 12.5. The molecule has 0 saturated carbocycles. The van der Waals surface area contributed by atoms with E-state index in [-0.39, 0.29) is 17.6 Å². The Morgan fingerprint density at radius 2 is 1.86 bits per heavy atom. The van der Waals surface area contributed by atoms with Gasteiger partial charge in [0.25, 0.3) is 0 Å². The number of hydrogen-bond acceptors (Lipinski definition) is 4. The number of anilines is 1. The average Bonchev–Trinajstić information content (AvgIpc) is 2.65. The molecule has 8 heteroatoms. The van der Waals surface area contributed by atoms with E-state index < -0.39 is 15.9 Å². The SMILES string of the molecule is CCc1ccc([C@@H](C)NC(=O)CN(c2ccc(OC)c(Cl)c2)S(C)(=O)=O)cc1. The number of ether oxygens (including phenoxy) is 1. The molecule has 1 atom stereocenters. The van der Waals surface area contributed by atoms with Crippen LogP contribution < -0.4 is 14.4 Å². The first-order valence-electron chi connectivity index (χ1n) is 8.85. The summed E-state index contributed by atoms with van der Waals surface area (Å²) in [6, 6.07) is 12.3. The van der Waals surface area contributed by atoms with Gasteiger partial charge in [-0.05, 0) is 42.7 Å². The number of hydrogen-bond donors (Lipinski definition) is 1. The van der Waals surface area contributed by atoms with Gasteiger partial charge in [-0.3, -0.25) is 9.10 Å². The van der Waals surface area contributed by atoms with Gasteiger partial charge in [0.2, 0.25) is 15.9 Å². The molecule has 0 fully saturated rings. The first-order chi connectivity index (χ1) is 13.2. The highest BCUT2D eigenvalue weighted by atomic mass is 35.5. The van der Waals surface area contributed by atoms with E-state index >= 15 is 0 Å². The Morgan fingerprint density at radius 1 is 1.21 bits per heavy atom. The second-order valence-corrected chi connectivity index (χ2v) is 8.79. The van der Waals surface area contributed by atoms with Crippen LogP contribution in [0.15, 0.2) is 42.5 Å². The lowest BCUT2D eigenvalue weighted by atomic mass is 10.1. The van der Waals surface area contributed by atoms with Crippen molar-refractivity contribution in [2.75, 3.05) is 24.2 Å². The first kappa shape index (κ1) is 22.0. The Balaban J connectivity index is 2.15. The van der Waals surface area contributed by atoms with Gasteiger partial charge in [0, 0.05) is 0 Å². The van der Waals surface area contributed by atoms with E-state index in [4.69, 9.17) is 16.3 Å². The molecule has 0 radical (unpaired) electrons. The van der Waals surface area contributed by atoms with Crippen LogP contribution in [-0.4, -0.2) is 34.2 Å². The van der Waals surface area contributed by atoms with Crippen molar-refractivity contribution in [2.45, 2.75) is 26.3 Å². The normalized spacial score (nSPS) is 12.3. The molecule has 6 nitrogen and oxygen atoms in total. The second-order valence-electron chi connectivity index (χ2n) is 6.47. The van der Waals surface area contributed by atoms with Crippen LogP contribution in [0.25, 0.3) is 0 Å². The third-order valence-electron chi connectivity index (χ3n) is 4.38. The van der Waals surface area contributed by atoms with Crippen LogP contribution in [0.2, 0.25) is 5.02 Å². The number of halogens is 1. The molecule has 2 aromatic rings. The number of aryl methyl sites for hydroxylation is 1. The zero-order valence-electron chi connectivity index (χ0n) is 16.4. The number of carbonyl (C=O) groups excluding carboxylic acids is 1. The van der Waals surface area contributed by atoms with Crippen molar-refractivity contribution in [1.82, 2.24) is 5.32 Å². The highest BCUT2D eigenvalue weighted by molar-refractivity contribution is 7.92. The van der Waals surface area contributed by atoms with Gasteiger partial charge in [-0.2, -0.15) is 0 Å². The molecule has 0 heterocycles. The number of nitrogens with zero attached hydrogens (tertiary/aromatic N) is 1. The van der Waals surface area contributed by atoms with Gasteiger partial charge in [0.05, 0.1) is 30.1 Å². The lowest BCUT2D eigenvalue weighted by Gasteiger charge is -2.24. The fourth-order valence-electron chi connectivity index (χ4n) is 2.75. The molecule has 0 bridgehead atoms. The minimum Gasteiger partial charge on any atom is -0.495 e. The van der Waals surface area contributed by atoms with Gasteiger partial charge in [0.15, 0.2) is 0 Å². The number of amides is 1. The summed E-state index contributed by atoms with van der Waals surface area (Å²) >= 11 is 6.10. The summed E-state index contributed by atoms with van der Waals surface area (Å²) in [4.78, 5) is 12.5. The van der Waals surface area contributed by atoms with E-state index in [9.17, 15) is 13.2 Å². The molecule has 0 aromatic heterocycles. The van der Waals surface area contributed by atoms with E-state index in [1.165, 1.54) is 18.7 Å². The molecule has 28 heavy (non-hydrogen) atoms. The third-order valence-corrected chi connectivity index (χ3v) is 5.81. The quantitative estimate of drug-likeness (QED) is 0.703. The number of carbonyl (C=O) groups is 1. The smallest absolute Gasteiger partial charge is 0.241 e. The van der Waals surface area contributed by atoms with Gasteiger partial charge in [-0.15, -0.1) is 0 Å². The topological polar surface area (TPSA) is 75.7 Å². The van der Waals surface area contributed by atoms with Crippen LogP contribution in [0.1, 0.15) is 31.0 Å². The van der Waals surface area contributed by atoms with Crippen molar-refractivity contribution in [2.24, 2.45) is 0 Å². The van der Waals surface area contributed by atoms with Gasteiger partial charge in [0.1, 0.15) is 12.3 Å². The van der Waals surface area contributed by atoms with Gasteiger partial charge < -0.3 is 10.1 Å². The molecule has 0 aliphatic heterocycles. The maximum absolute atomic E-state index is 12.5. The number of sulfonamides is 1. The number of nitrogens with one attached hydrogen (secondary N) is 1. The minimum atomic E-state index is -3.69. The van der Waals surface area contributed by atoms with Crippen LogP contribution in [0.4, 0.5) is 5.69 Å². The summed E-state index contributed by atoms with van der Waals surface area (Å²) in [6.07, 6.45) is 1.99. The Morgan fingerprint density at radius 3 is 2.36 bits per heavy atom. The van der Waals surface area contributed by atoms with E-state index in [1.54, 1.807) is 12.1 Å². The molecule has 1 amide bonds. The van der Waals surface area contributed by atoms with Crippen LogP contribution in [0, 0.1) is 0 Å². The molecule has 0 saturated heterocycles. The summed E-state index contributed by atoms with van der Waals surface area (Å²) in [5.41, 5.74) is 2.45. The standard InChI is InChI=1S/C20H25ClN2O4S/c1-5-15-6-8-16(9-7-15)14(2)22-20(24)13-23(28(4,25)26)17-10-11-19(27-3)18(21)12-17/h6-12,14H,5,13H2,1-4H3,(H,22,24)/t14-/m1/s1. The van der Waals surface area contributed by atoms with Crippen LogP contribution in [0.5, 0.6) is 5.75 Å². The van der Waals surface area contributed by atoms with Crippen molar-refractivity contribution >= 4 is 33.2 Å². The largest absolute Gasteiger partial charge is 0.495 e. The van der Waals surface area contributed by atoms with Crippen molar-refractivity contribution < 1.29 is 17.9 Å². The average molecular weight is 425 g/mol. The molecule has 152 valence electrons. The Kier molecular flexibility index (Phi) is 7.32. The predicted molar refractivity (Wildman–Crippen MR) is 113 cm³/mol. The maximum Gasteiger partial charge on any atom is 0.241 e. The number of benzene rings is 2. The lowest BCUT2D eigenvalue weighted by Crippen LogP contribution is -2.41. The summed E-state index contributed by atoms with van der Waals surface area (Å²) in [7, 11) is -2.22. The van der Waals surface area contributed by atoms with E-state index in [0.717, 1.165) is 22.5 Å². The second kappa shape index (κ2) is 9.30. The molecule has 2 rings (SSSR count). The van der Waals surface area contributed by atoms with Crippen LogP contribution in [0.3, 0.4) is 0 Å². The molecule has 0 spiro atoms. The molecule has 0 aliphatic rings. The molecule has 1 N–H and O–H groups in total. The molecule has 2 aromatic carbocycles. The van der Waals surface area contributed by atoms with E-state index in [0.29, 0.717) is 11.4 Å². The van der Waals surface area contributed by atoms with Gasteiger partial charge >= 0.3 is 0 Å². The fourth-order valence-corrected chi connectivity index (χ4v) is 3.85. The number of rotatable bonds is 8. The Hall–Kier alpha value is -2.25. The fraction of sp³-hybridized carbons (Fsp3) is 0.350. The van der Waals surface area contributed by atoms with Crippen molar-refractivity contribution in [1.29, 1.82) is 0 Å². The monoisotopic (exact) mass is 424 g/mol. The van der Waals surface area contributed by atoms with Crippen molar-refractivity contribution in [3.05, 3.63) is 58.6 Å².